The first kappa shape index (κ1) is 21.4. The van der Waals surface area contributed by atoms with Crippen LogP contribution in [0.25, 0.3) is 0 Å². The molecule has 0 saturated heterocycles. The van der Waals surface area contributed by atoms with Gasteiger partial charge in [0.1, 0.15) is 18.3 Å². The van der Waals surface area contributed by atoms with Gasteiger partial charge in [-0.05, 0) is 42.8 Å². The normalized spacial score (nSPS) is 11.5. The highest BCUT2D eigenvalue weighted by atomic mass is 16.7. The predicted octanol–water partition coefficient (Wildman–Crippen LogP) is 2.48. The highest BCUT2D eigenvalue weighted by Gasteiger charge is 2.16. The number of para-hydroxylation sites is 1. The van der Waals surface area contributed by atoms with Gasteiger partial charge in [-0.1, -0.05) is 18.2 Å². The Morgan fingerprint density at radius 3 is 2.36 bits per heavy atom. The van der Waals surface area contributed by atoms with E-state index in [4.69, 9.17) is 19.4 Å². The van der Waals surface area contributed by atoms with Crippen molar-refractivity contribution in [3.63, 3.8) is 0 Å². The monoisotopic (exact) mass is 388 g/mol. The first-order chi connectivity index (χ1) is 13.6. The van der Waals surface area contributed by atoms with Crippen LogP contribution in [0.1, 0.15) is 23.2 Å². The molecule has 150 valence electrons. The second-order valence-electron chi connectivity index (χ2n) is 5.96. The van der Waals surface area contributed by atoms with Crippen LogP contribution < -0.4 is 15.5 Å². The molecule has 0 heterocycles. The summed E-state index contributed by atoms with van der Waals surface area (Å²) in [5, 5.41) is 11.4. The second kappa shape index (κ2) is 11.7. The number of rotatable bonds is 11. The van der Waals surface area contributed by atoms with Gasteiger partial charge in [0.25, 0.3) is 5.91 Å². The summed E-state index contributed by atoms with van der Waals surface area (Å²) in [7, 11) is 1.49. The van der Waals surface area contributed by atoms with E-state index in [0.29, 0.717) is 23.5 Å². The first-order valence-corrected chi connectivity index (χ1v) is 8.76. The molecule has 0 fully saturated rings. The van der Waals surface area contributed by atoms with Crippen LogP contribution in [0.15, 0.2) is 54.6 Å². The molecular weight excluding hydrogens is 364 g/mol. The predicted molar refractivity (Wildman–Crippen MR) is 101 cm³/mol. The number of carbonyl (C=O) groups is 2. The standard InChI is InChI=1S/C20H24N2O6/c1-26-14-27-13-16(9-12-19(23)22-25)21-20(24)15-7-10-18(11-8-15)28-17-5-3-2-4-6-17/h2-8,10-11,16,25H,9,12-14H2,1H3,(H,21,24)(H,22,23)/t16-/m0/s1. The Balaban J connectivity index is 1.94. The number of hydrogen-bond donors (Lipinski definition) is 3. The van der Waals surface area contributed by atoms with Crippen molar-refractivity contribution in [3.8, 4) is 11.5 Å². The van der Waals surface area contributed by atoms with E-state index in [0.717, 1.165) is 0 Å². The minimum atomic E-state index is -0.534. The van der Waals surface area contributed by atoms with Gasteiger partial charge in [-0.25, -0.2) is 5.48 Å². The Morgan fingerprint density at radius 2 is 1.71 bits per heavy atom. The molecule has 0 unspecified atom stereocenters. The van der Waals surface area contributed by atoms with Gasteiger partial charge in [0, 0.05) is 19.1 Å². The van der Waals surface area contributed by atoms with Crippen molar-refractivity contribution in [2.45, 2.75) is 18.9 Å². The van der Waals surface area contributed by atoms with Crippen molar-refractivity contribution in [1.29, 1.82) is 0 Å². The molecular formula is C20H24N2O6. The number of carbonyl (C=O) groups excluding carboxylic acids is 2. The number of hydrogen-bond acceptors (Lipinski definition) is 6. The molecule has 8 nitrogen and oxygen atoms in total. The highest BCUT2D eigenvalue weighted by molar-refractivity contribution is 5.94. The maximum absolute atomic E-state index is 12.5. The number of hydroxylamine groups is 1. The largest absolute Gasteiger partial charge is 0.457 e. The maximum Gasteiger partial charge on any atom is 0.251 e. The molecule has 28 heavy (non-hydrogen) atoms. The van der Waals surface area contributed by atoms with Crippen molar-refractivity contribution in [1.82, 2.24) is 10.8 Å². The van der Waals surface area contributed by atoms with Crippen molar-refractivity contribution in [2.24, 2.45) is 0 Å². The number of benzene rings is 2. The van der Waals surface area contributed by atoms with Crippen LogP contribution in [-0.2, 0) is 14.3 Å². The summed E-state index contributed by atoms with van der Waals surface area (Å²) in [6, 6.07) is 15.6. The van der Waals surface area contributed by atoms with Crippen LogP contribution >= 0.6 is 0 Å². The quantitative estimate of drug-likeness (QED) is 0.236. The summed E-state index contributed by atoms with van der Waals surface area (Å²) in [6.45, 7) is 0.248. The fourth-order valence-corrected chi connectivity index (χ4v) is 2.40. The molecule has 0 saturated carbocycles. The van der Waals surface area contributed by atoms with E-state index in [1.54, 1.807) is 29.7 Å². The van der Waals surface area contributed by atoms with Gasteiger partial charge in [-0.2, -0.15) is 0 Å². The Labute approximate surface area is 163 Å². The molecule has 0 aliphatic carbocycles. The molecule has 0 aliphatic heterocycles. The van der Waals surface area contributed by atoms with Crippen LogP contribution in [0, 0.1) is 0 Å². The third kappa shape index (κ3) is 7.36. The summed E-state index contributed by atoms with van der Waals surface area (Å²) in [5.74, 6) is 0.481. The third-order valence-corrected chi connectivity index (χ3v) is 3.80. The summed E-state index contributed by atoms with van der Waals surface area (Å²) in [5.41, 5.74) is 2.02. The van der Waals surface area contributed by atoms with Crippen LogP contribution in [0.5, 0.6) is 11.5 Å². The lowest BCUT2D eigenvalue weighted by molar-refractivity contribution is -0.129. The SMILES string of the molecule is COCOC[C@H](CCC(=O)NO)NC(=O)c1ccc(Oc2ccccc2)cc1. The Hall–Kier alpha value is -2.94. The van der Waals surface area contributed by atoms with Crippen molar-refractivity contribution < 1.29 is 29.0 Å². The number of amides is 2. The zero-order valence-corrected chi connectivity index (χ0v) is 15.6. The Bertz CT molecular complexity index is 736. The highest BCUT2D eigenvalue weighted by Crippen LogP contribution is 2.21. The number of ether oxygens (including phenoxy) is 3. The lowest BCUT2D eigenvalue weighted by Crippen LogP contribution is -2.39. The van der Waals surface area contributed by atoms with Gasteiger partial charge in [0.15, 0.2) is 0 Å². The van der Waals surface area contributed by atoms with Crippen molar-refractivity contribution >= 4 is 11.8 Å². The van der Waals surface area contributed by atoms with Crippen molar-refractivity contribution in [3.05, 3.63) is 60.2 Å². The van der Waals surface area contributed by atoms with Crippen LogP contribution in [0.4, 0.5) is 0 Å². The molecule has 0 bridgehead atoms. The second-order valence-corrected chi connectivity index (χ2v) is 5.96. The van der Waals surface area contributed by atoms with Gasteiger partial charge in [-0.15, -0.1) is 0 Å². The zero-order chi connectivity index (χ0) is 20.2. The minimum absolute atomic E-state index is 0.0433. The first-order valence-electron chi connectivity index (χ1n) is 8.76. The van der Waals surface area contributed by atoms with Crippen LogP contribution in [0.3, 0.4) is 0 Å². The van der Waals surface area contributed by atoms with Crippen LogP contribution in [0.2, 0.25) is 0 Å². The maximum atomic E-state index is 12.5. The Morgan fingerprint density at radius 1 is 1.04 bits per heavy atom. The molecule has 0 aliphatic rings. The van der Waals surface area contributed by atoms with E-state index >= 15 is 0 Å². The van der Waals surface area contributed by atoms with Gasteiger partial charge < -0.3 is 19.5 Å². The number of nitrogens with one attached hydrogen (secondary N) is 2. The smallest absolute Gasteiger partial charge is 0.251 e. The third-order valence-electron chi connectivity index (χ3n) is 3.80. The molecule has 8 heteroatoms. The molecule has 2 aromatic carbocycles. The van der Waals surface area contributed by atoms with E-state index in [9.17, 15) is 9.59 Å². The fraction of sp³-hybridized carbons (Fsp3) is 0.300. The molecule has 2 rings (SSSR count). The molecule has 2 amide bonds. The molecule has 0 spiro atoms. The lowest BCUT2D eigenvalue weighted by atomic mass is 10.1. The Kier molecular flexibility index (Phi) is 8.93. The minimum Gasteiger partial charge on any atom is -0.457 e. The van der Waals surface area contributed by atoms with Gasteiger partial charge in [0.05, 0.1) is 12.6 Å². The fourth-order valence-electron chi connectivity index (χ4n) is 2.40. The van der Waals surface area contributed by atoms with Gasteiger partial charge >= 0.3 is 0 Å². The molecule has 0 radical (unpaired) electrons. The summed E-state index contributed by atoms with van der Waals surface area (Å²) in [6.07, 6.45) is 0.346. The molecule has 3 N–H and O–H groups in total. The topological polar surface area (TPSA) is 106 Å². The van der Waals surface area contributed by atoms with E-state index in [1.165, 1.54) is 7.11 Å². The zero-order valence-electron chi connectivity index (χ0n) is 15.6. The van der Waals surface area contributed by atoms with E-state index in [1.807, 2.05) is 30.3 Å². The molecule has 0 aromatic heterocycles. The average Bonchev–Trinajstić information content (AvgIpc) is 2.73. The van der Waals surface area contributed by atoms with Crippen molar-refractivity contribution in [2.75, 3.05) is 20.5 Å². The van der Waals surface area contributed by atoms with E-state index in [-0.39, 0.29) is 25.7 Å². The summed E-state index contributed by atoms with van der Waals surface area (Å²) >= 11 is 0. The van der Waals surface area contributed by atoms with E-state index in [2.05, 4.69) is 5.32 Å². The lowest BCUT2D eigenvalue weighted by Gasteiger charge is -2.18. The van der Waals surface area contributed by atoms with Gasteiger partial charge in [0.2, 0.25) is 5.91 Å². The van der Waals surface area contributed by atoms with E-state index < -0.39 is 11.9 Å². The van der Waals surface area contributed by atoms with Gasteiger partial charge in [-0.3, -0.25) is 14.8 Å². The van der Waals surface area contributed by atoms with Crippen LogP contribution in [-0.4, -0.2) is 43.6 Å². The molecule has 1 atom stereocenters. The summed E-state index contributed by atoms with van der Waals surface area (Å²) < 4.78 is 15.8. The average molecular weight is 388 g/mol. The molecule has 2 aromatic rings. The summed E-state index contributed by atoms with van der Waals surface area (Å²) in [4.78, 5) is 23.7. The number of methoxy groups -OCH3 is 1.